The van der Waals surface area contributed by atoms with Crippen molar-refractivity contribution in [2.45, 2.75) is 6.54 Å². The lowest BCUT2D eigenvalue weighted by Gasteiger charge is -1.88. The van der Waals surface area contributed by atoms with Crippen LogP contribution in [0.2, 0.25) is 0 Å². The zero-order chi connectivity index (χ0) is 8.27. The molecule has 0 aliphatic rings. The Morgan fingerprint density at radius 2 is 2.64 bits per heavy atom. The van der Waals surface area contributed by atoms with Gasteiger partial charge in [-0.1, -0.05) is 0 Å². The molecule has 1 aromatic heterocycles. The third-order valence-electron chi connectivity index (χ3n) is 1.13. The van der Waals surface area contributed by atoms with Crippen LogP contribution >= 0.6 is 11.5 Å². The Bertz CT molecular complexity index is 259. The average Bonchev–Trinajstić information content (AvgIpc) is 2.37. The number of hydrogen-bond donors (Lipinski definition) is 2. The zero-order valence-corrected chi connectivity index (χ0v) is 6.81. The summed E-state index contributed by atoms with van der Waals surface area (Å²) in [6.07, 6.45) is 0. The van der Waals surface area contributed by atoms with Gasteiger partial charge in [0.15, 0.2) is 0 Å². The van der Waals surface area contributed by atoms with Gasteiger partial charge in [0.05, 0.1) is 5.69 Å². The van der Waals surface area contributed by atoms with E-state index >= 15 is 0 Å². The fourth-order valence-electron chi connectivity index (χ4n) is 0.677. The lowest BCUT2D eigenvalue weighted by molar-refractivity contribution is 0.0702. The minimum atomic E-state index is -0.912. The summed E-state index contributed by atoms with van der Waals surface area (Å²) >= 11 is 1.01. The average molecular weight is 172 g/mol. The van der Waals surface area contributed by atoms with Gasteiger partial charge in [-0.3, -0.25) is 0 Å². The largest absolute Gasteiger partial charge is 0.477 e. The van der Waals surface area contributed by atoms with Crippen molar-refractivity contribution in [3.8, 4) is 0 Å². The molecule has 0 aliphatic carbocycles. The number of hydrogen-bond acceptors (Lipinski definition) is 4. The molecule has 0 spiro atoms. The Morgan fingerprint density at radius 1 is 1.91 bits per heavy atom. The van der Waals surface area contributed by atoms with Crippen LogP contribution in [0.15, 0.2) is 6.07 Å². The fourth-order valence-corrected chi connectivity index (χ4v) is 1.28. The molecule has 0 radical (unpaired) electrons. The Morgan fingerprint density at radius 3 is 3.09 bits per heavy atom. The molecule has 0 amide bonds. The highest BCUT2D eigenvalue weighted by molar-refractivity contribution is 7.08. The molecule has 0 bridgehead atoms. The highest BCUT2D eigenvalue weighted by Gasteiger charge is 2.06. The van der Waals surface area contributed by atoms with Gasteiger partial charge in [0.1, 0.15) is 4.88 Å². The number of nitrogens with one attached hydrogen (secondary N) is 1. The minimum absolute atomic E-state index is 0.287. The van der Waals surface area contributed by atoms with E-state index in [9.17, 15) is 4.79 Å². The molecule has 0 unspecified atom stereocenters. The first-order valence-corrected chi connectivity index (χ1v) is 3.85. The Balaban J connectivity index is 2.73. The number of aromatic nitrogens is 1. The number of aromatic carboxylic acids is 1. The van der Waals surface area contributed by atoms with E-state index in [1.807, 2.05) is 0 Å². The third-order valence-corrected chi connectivity index (χ3v) is 1.94. The number of carbonyl (C=O) groups is 1. The normalized spacial score (nSPS) is 9.91. The van der Waals surface area contributed by atoms with Gasteiger partial charge in [0.25, 0.3) is 0 Å². The maximum Gasteiger partial charge on any atom is 0.347 e. The minimum Gasteiger partial charge on any atom is -0.477 e. The number of carboxylic acids is 1. The predicted molar refractivity (Wildman–Crippen MR) is 41.8 cm³/mol. The van der Waals surface area contributed by atoms with Crippen molar-refractivity contribution in [3.63, 3.8) is 0 Å². The molecule has 5 heteroatoms. The summed E-state index contributed by atoms with van der Waals surface area (Å²) in [6, 6.07) is 1.57. The maximum absolute atomic E-state index is 10.4. The molecule has 2 N–H and O–H groups in total. The SMILES string of the molecule is CNCc1cc(C(=O)O)sn1. The molecule has 4 nitrogen and oxygen atoms in total. The van der Waals surface area contributed by atoms with Gasteiger partial charge in [-0.25, -0.2) is 4.79 Å². The molecule has 0 aliphatic heterocycles. The van der Waals surface area contributed by atoms with Gasteiger partial charge in [-0.05, 0) is 24.6 Å². The van der Waals surface area contributed by atoms with Crippen LogP contribution in [-0.4, -0.2) is 22.5 Å². The molecule has 1 rings (SSSR count). The molecule has 0 fully saturated rings. The molecule has 0 saturated carbocycles. The molecule has 60 valence electrons. The Kier molecular flexibility index (Phi) is 2.56. The van der Waals surface area contributed by atoms with Crippen molar-refractivity contribution >= 4 is 17.5 Å². The predicted octanol–water partition coefficient (Wildman–Crippen LogP) is 0.561. The summed E-state index contributed by atoms with van der Waals surface area (Å²) in [5.74, 6) is -0.912. The van der Waals surface area contributed by atoms with Gasteiger partial charge in [0.2, 0.25) is 0 Å². The smallest absolute Gasteiger partial charge is 0.347 e. The van der Waals surface area contributed by atoms with Crippen molar-refractivity contribution in [2.24, 2.45) is 0 Å². The molecule has 0 atom stereocenters. The van der Waals surface area contributed by atoms with Gasteiger partial charge < -0.3 is 10.4 Å². The van der Waals surface area contributed by atoms with Gasteiger partial charge in [0, 0.05) is 6.54 Å². The first-order chi connectivity index (χ1) is 5.24. The van der Waals surface area contributed by atoms with Crippen LogP contribution in [0.4, 0.5) is 0 Å². The number of carboxylic acid groups (broad SMARTS) is 1. The quantitative estimate of drug-likeness (QED) is 0.699. The standard InChI is InChI=1S/C6H8N2O2S/c1-7-3-4-2-5(6(9)10)11-8-4/h2,7H,3H2,1H3,(H,9,10). The van der Waals surface area contributed by atoms with Crippen LogP contribution in [-0.2, 0) is 6.54 Å². The van der Waals surface area contributed by atoms with Crippen LogP contribution in [0.25, 0.3) is 0 Å². The van der Waals surface area contributed by atoms with Crippen molar-refractivity contribution in [1.29, 1.82) is 0 Å². The topological polar surface area (TPSA) is 62.2 Å². The molecular weight excluding hydrogens is 164 g/mol. The molecule has 0 saturated heterocycles. The first-order valence-electron chi connectivity index (χ1n) is 3.07. The van der Waals surface area contributed by atoms with E-state index in [1.54, 1.807) is 13.1 Å². The highest BCUT2D eigenvalue weighted by atomic mass is 32.1. The molecule has 1 heterocycles. The molecule has 11 heavy (non-hydrogen) atoms. The van der Waals surface area contributed by atoms with Crippen molar-refractivity contribution in [1.82, 2.24) is 9.69 Å². The first kappa shape index (κ1) is 8.16. The van der Waals surface area contributed by atoms with Crippen LogP contribution in [0.1, 0.15) is 15.4 Å². The van der Waals surface area contributed by atoms with E-state index in [4.69, 9.17) is 5.11 Å². The van der Waals surface area contributed by atoms with Gasteiger partial charge in [-0.15, -0.1) is 0 Å². The second kappa shape index (κ2) is 3.45. The van der Waals surface area contributed by atoms with Crippen LogP contribution < -0.4 is 5.32 Å². The third kappa shape index (κ3) is 1.99. The number of rotatable bonds is 3. The monoisotopic (exact) mass is 172 g/mol. The maximum atomic E-state index is 10.4. The summed E-state index contributed by atoms with van der Waals surface area (Å²) in [5.41, 5.74) is 0.773. The Hall–Kier alpha value is -0.940. The van der Waals surface area contributed by atoms with Crippen molar-refractivity contribution < 1.29 is 9.90 Å². The van der Waals surface area contributed by atoms with Gasteiger partial charge >= 0.3 is 5.97 Å². The summed E-state index contributed by atoms with van der Waals surface area (Å²) in [6.45, 7) is 0.615. The second-order valence-electron chi connectivity index (χ2n) is 2.02. The summed E-state index contributed by atoms with van der Waals surface area (Å²) in [5, 5.41) is 11.4. The van der Waals surface area contributed by atoms with Crippen molar-refractivity contribution in [3.05, 3.63) is 16.6 Å². The van der Waals surface area contributed by atoms with E-state index in [0.29, 0.717) is 6.54 Å². The zero-order valence-electron chi connectivity index (χ0n) is 6.00. The van der Waals surface area contributed by atoms with E-state index in [0.717, 1.165) is 17.2 Å². The molecule has 0 aromatic carbocycles. The van der Waals surface area contributed by atoms with Gasteiger partial charge in [-0.2, -0.15) is 4.37 Å². The highest BCUT2D eigenvalue weighted by Crippen LogP contribution is 2.08. The van der Waals surface area contributed by atoms with E-state index < -0.39 is 5.97 Å². The number of nitrogens with zero attached hydrogens (tertiary/aromatic N) is 1. The van der Waals surface area contributed by atoms with Crippen LogP contribution in [0.5, 0.6) is 0 Å². The molecule has 1 aromatic rings. The van der Waals surface area contributed by atoms with E-state index in [1.165, 1.54) is 0 Å². The second-order valence-corrected chi connectivity index (χ2v) is 2.82. The van der Waals surface area contributed by atoms with E-state index in [-0.39, 0.29) is 4.88 Å². The fraction of sp³-hybridized carbons (Fsp3) is 0.333. The van der Waals surface area contributed by atoms with E-state index in [2.05, 4.69) is 9.69 Å². The summed E-state index contributed by atoms with van der Waals surface area (Å²) in [7, 11) is 1.79. The van der Waals surface area contributed by atoms with Crippen molar-refractivity contribution in [2.75, 3.05) is 7.05 Å². The van der Waals surface area contributed by atoms with Crippen LogP contribution in [0, 0.1) is 0 Å². The lowest BCUT2D eigenvalue weighted by Crippen LogP contribution is -2.04. The Labute approximate surface area is 68.0 Å². The molecular formula is C6H8N2O2S. The van der Waals surface area contributed by atoms with Crippen LogP contribution in [0.3, 0.4) is 0 Å². The lowest BCUT2D eigenvalue weighted by atomic mass is 10.4. The summed E-state index contributed by atoms with van der Waals surface area (Å²) in [4.78, 5) is 10.7. The summed E-state index contributed by atoms with van der Waals surface area (Å²) < 4.78 is 3.93.